The Hall–Kier alpha value is -0.540. The van der Waals surface area contributed by atoms with E-state index in [0.717, 1.165) is 10.0 Å². The van der Waals surface area contributed by atoms with Gasteiger partial charge in [0.2, 0.25) is 5.91 Å². The third-order valence-electron chi connectivity index (χ3n) is 2.66. The number of halogens is 2. The Kier molecular flexibility index (Phi) is 3.87. The number of nitrogens with one attached hydrogen (secondary N) is 1. The molecule has 0 bridgehead atoms. The fraction of sp³-hybridized carbons (Fsp3) is 0.417. The summed E-state index contributed by atoms with van der Waals surface area (Å²) in [5.74, 6) is 0.752. The van der Waals surface area contributed by atoms with Gasteiger partial charge in [-0.05, 0) is 36.5 Å². The third-order valence-corrected chi connectivity index (χ3v) is 3.51. The van der Waals surface area contributed by atoms with Gasteiger partial charge in [0.15, 0.2) is 0 Å². The molecule has 1 aliphatic carbocycles. The first kappa shape index (κ1) is 11.9. The van der Waals surface area contributed by atoms with Crippen molar-refractivity contribution in [1.29, 1.82) is 0 Å². The highest BCUT2D eigenvalue weighted by molar-refractivity contribution is 9.10. The molecule has 0 saturated heterocycles. The number of hydrogen-bond acceptors (Lipinski definition) is 1. The highest BCUT2D eigenvalue weighted by atomic mass is 79.9. The average molecular weight is 303 g/mol. The minimum Gasteiger partial charge on any atom is -0.352 e. The second-order valence-electron chi connectivity index (χ2n) is 4.16. The molecule has 0 aromatic heterocycles. The van der Waals surface area contributed by atoms with Crippen LogP contribution < -0.4 is 5.32 Å². The largest absolute Gasteiger partial charge is 0.352 e. The van der Waals surface area contributed by atoms with Gasteiger partial charge in [-0.2, -0.15) is 0 Å². The van der Waals surface area contributed by atoms with Crippen LogP contribution in [0.2, 0.25) is 5.02 Å². The molecule has 4 heteroatoms. The Morgan fingerprint density at radius 2 is 2.25 bits per heavy atom. The van der Waals surface area contributed by atoms with E-state index in [4.69, 9.17) is 11.6 Å². The highest BCUT2D eigenvalue weighted by Crippen LogP contribution is 2.32. The van der Waals surface area contributed by atoms with Crippen LogP contribution in [0, 0.1) is 5.92 Å². The molecule has 1 aromatic rings. The van der Waals surface area contributed by atoms with Crippen molar-refractivity contribution in [2.75, 3.05) is 0 Å². The minimum absolute atomic E-state index is 0.126. The van der Waals surface area contributed by atoms with Crippen LogP contribution in [0.15, 0.2) is 22.7 Å². The van der Waals surface area contributed by atoms with E-state index in [1.807, 2.05) is 18.2 Å². The molecule has 1 amide bonds. The molecule has 1 saturated carbocycles. The highest BCUT2D eigenvalue weighted by Gasteiger charge is 2.24. The van der Waals surface area contributed by atoms with E-state index in [1.54, 1.807) is 0 Å². The summed E-state index contributed by atoms with van der Waals surface area (Å²) in [4.78, 5) is 11.5. The van der Waals surface area contributed by atoms with Crippen molar-refractivity contribution in [1.82, 2.24) is 5.32 Å². The lowest BCUT2D eigenvalue weighted by Crippen LogP contribution is -2.23. The van der Waals surface area contributed by atoms with Crippen LogP contribution in [0.1, 0.15) is 24.8 Å². The van der Waals surface area contributed by atoms with Crippen LogP contribution in [0.5, 0.6) is 0 Å². The first-order chi connectivity index (χ1) is 7.65. The Labute approximate surface area is 108 Å². The molecular weight excluding hydrogens is 289 g/mol. The van der Waals surface area contributed by atoms with E-state index < -0.39 is 0 Å². The van der Waals surface area contributed by atoms with E-state index in [1.165, 1.54) is 12.8 Å². The Morgan fingerprint density at radius 3 is 2.88 bits per heavy atom. The third kappa shape index (κ3) is 3.49. The molecule has 2 nitrogen and oxygen atoms in total. The summed E-state index contributed by atoms with van der Waals surface area (Å²) in [6, 6.07) is 5.68. The predicted octanol–water partition coefficient (Wildman–Crippen LogP) is 3.52. The smallest absolute Gasteiger partial charge is 0.220 e. The van der Waals surface area contributed by atoms with Crippen molar-refractivity contribution in [3.05, 3.63) is 33.3 Å². The van der Waals surface area contributed by atoms with Crippen molar-refractivity contribution >= 4 is 33.4 Å². The number of hydrogen-bond donors (Lipinski definition) is 1. The second kappa shape index (κ2) is 5.19. The molecule has 0 unspecified atom stereocenters. The molecule has 1 N–H and O–H groups in total. The van der Waals surface area contributed by atoms with Gasteiger partial charge >= 0.3 is 0 Å². The van der Waals surface area contributed by atoms with Gasteiger partial charge in [-0.25, -0.2) is 0 Å². The molecule has 1 aliphatic rings. The topological polar surface area (TPSA) is 29.1 Å². The molecule has 2 rings (SSSR count). The van der Waals surface area contributed by atoms with E-state index >= 15 is 0 Å². The molecule has 0 heterocycles. The van der Waals surface area contributed by atoms with Crippen molar-refractivity contribution in [3.8, 4) is 0 Å². The van der Waals surface area contributed by atoms with Crippen molar-refractivity contribution in [2.45, 2.75) is 25.8 Å². The van der Waals surface area contributed by atoms with Gasteiger partial charge in [-0.1, -0.05) is 33.6 Å². The summed E-state index contributed by atoms with van der Waals surface area (Å²) in [7, 11) is 0. The van der Waals surface area contributed by atoms with Gasteiger partial charge in [0.1, 0.15) is 0 Å². The maximum absolute atomic E-state index is 11.5. The molecule has 1 fully saturated rings. The van der Waals surface area contributed by atoms with E-state index in [0.29, 0.717) is 23.9 Å². The van der Waals surface area contributed by atoms with E-state index in [-0.39, 0.29) is 5.91 Å². The summed E-state index contributed by atoms with van der Waals surface area (Å²) in [5, 5.41) is 3.57. The molecule has 0 radical (unpaired) electrons. The van der Waals surface area contributed by atoms with Gasteiger partial charge in [0.05, 0.1) is 0 Å². The van der Waals surface area contributed by atoms with Crippen LogP contribution >= 0.6 is 27.5 Å². The van der Waals surface area contributed by atoms with Gasteiger partial charge in [-0.3, -0.25) is 4.79 Å². The maximum Gasteiger partial charge on any atom is 0.220 e. The molecular formula is C12H13BrClNO. The monoisotopic (exact) mass is 301 g/mol. The summed E-state index contributed by atoms with van der Waals surface area (Å²) in [6.07, 6.45) is 3.06. The standard InChI is InChI=1S/C12H13BrClNO/c13-10-4-3-9(11(14)6-10)7-15-12(16)5-8-1-2-8/h3-4,6,8H,1-2,5,7H2,(H,15,16). The minimum atomic E-state index is 0.126. The first-order valence-corrected chi connectivity index (χ1v) is 6.53. The van der Waals surface area contributed by atoms with Gasteiger partial charge in [-0.15, -0.1) is 0 Å². The lowest BCUT2D eigenvalue weighted by molar-refractivity contribution is -0.121. The molecule has 86 valence electrons. The average Bonchev–Trinajstić information content (AvgIpc) is 3.00. The van der Waals surface area contributed by atoms with Crippen molar-refractivity contribution in [2.24, 2.45) is 5.92 Å². The number of carbonyl (C=O) groups is 1. The first-order valence-electron chi connectivity index (χ1n) is 5.36. The van der Waals surface area contributed by atoms with E-state index in [2.05, 4.69) is 21.2 Å². The molecule has 0 aliphatic heterocycles. The Bertz CT molecular complexity index is 404. The number of carbonyl (C=O) groups excluding carboxylic acids is 1. The maximum atomic E-state index is 11.5. The van der Waals surface area contributed by atoms with Gasteiger partial charge in [0, 0.05) is 22.5 Å². The lowest BCUT2D eigenvalue weighted by Gasteiger charge is -2.07. The molecule has 0 atom stereocenters. The van der Waals surface area contributed by atoms with Crippen molar-refractivity contribution < 1.29 is 4.79 Å². The zero-order chi connectivity index (χ0) is 11.5. The zero-order valence-corrected chi connectivity index (χ0v) is 11.1. The second-order valence-corrected chi connectivity index (χ2v) is 5.48. The predicted molar refractivity (Wildman–Crippen MR) is 68.3 cm³/mol. The summed E-state index contributed by atoms with van der Waals surface area (Å²) >= 11 is 9.40. The summed E-state index contributed by atoms with van der Waals surface area (Å²) in [5.41, 5.74) is 0.953. The Morgan fingerprint density at radius 1 is 1.50 bits per heavy atom. The van der Waals surface area contributed by atoms with Crippen molar-refractivity contribution in [3.63, 3.8) is 0 Å². The van der Waals surface area contributed by atoms with E-state index in [9.17, 15) is 4.79 Å². The summed E-state index contributed by atoms with van der Waals surface area (Å²) in [6.45, 7) is 0.512. The fourth-order valence-corrected chi connectivity index (χ4v) is 2.26. The molecule has 16 heavy (non-hydrogen) atoms. The van der Waals surface area contributed by atoms with Crippen LogP contribution in [0.25, 0.3) is 0 Å². The number of amides is 1. The van der Waals surface area contributed by atoms with Gasteiger partial charge in [0.25, 0.3) is 0 Å². The fourth-order valence-electron chi connectivity index (χ4n) is 1.52. The zero-order valence-electron chi connectivity index (χ0n) is 8.80. The normalized spacial score (nSPS) is 14.9. The SMILES string of the molecule is O=C(CC1CC1)NCc1ccc(Br)cc1Cl. The molecule has 1 aromatic carbocycles. The van der Waals surface area contributed by atoms with Crippen LogP contribution in [0.3, 0.4) is 0 Å². The van der Waals surface area contributed by atoms with Gasteiger partial charge < -0.3 is 5.32 Å². The summed E-state index contributed by atoms with van der Waals surface area (Å²) < 4.78 is 0.950. The van der Waals surface area contributed by atoms with Crippen LogP contribution in [-0.2, 0) is 11.3 Å². The molecule has 0 spiro atoms. The number of rotatable bonds is 4. The van der Waals surface area contributed by atoms with Crippen LogP contribution in [0.4, 0.5) is 0 Å². The lowest BCUT2D eigenvalue weighted by atomic mass is 10.2. The number of benzene rings is 1. The quantitative estimate of drug-likeness (QED) is 0.906. The Balaban J connectivity index is 1.85. The van der Waals surface area contributed by atoms with Crippen LogP contribution in [-0.4, -0.2) is 5.91 Å².